The number of aromatic nitrogens is 3. The number of fused-ring (bicyclic) bond motifs is 1. The number of thiazole rings is 1. The van der Waals surface area contributed by atoms with Crippen molar-refractivity contribution >= 4 is 28.1 Å². The molecule has 0 aliphatic heterocycles. The summed E-state index contributed by atoms with van der Waals surface area (Å²) in [7, 11) is 3.98. The second-order valence-corrected chi connectivity index (χ2v) is 6.53. The lowest BCUT2D eigenvalue weighted by atomic mass is 10.2. The van der Waals surface area contributed by atoms with E-state index in [1.54, 1.807) is 18.4 Å². The van der Waals surface area contributed by atoms with E-state index in [1.807, 2.05) is 49.3 Å². The summed E-state index contributed by atoms with van der Waals surface area (Å²) in [6.07, 6.45) is 3.42. The molecule has 6 nitrogen and oxygen atoms in total. The van der Waals surface area contributed by atoms with Gasteiger partial charge in [-0.25, -0.2) is 4.40 Å². The summed E-state index contributed by atoms with van der Waals surface area (Å²) in [5.74, 6) is 0.957. The first-order chi connectivity index (χ1) is 11.6. The first kappa shape index (κ1) is 14.6. The first-order valence-corrected chi connectivity index (χ1v) is 8.16. The average molecular weight is 338 g/mol. The van der Waals surface area contributed by atoms with Crippen LogP contribution >= 0.6 is 11.3 Å². The number of furan rings is 1. The fraction of sp³-hybridized carbons (Fsp3) is 0.118. The summed E-state index contributed by atoms with van der Waals surface area (Å²) < 4.78 is 7.44. The van der Waals surface area contributed by atoms with Crippen LogP contribution in [0.1, 0.15) is 5.56 Å². The van der Waals surface area contributed by atoms with E-state index in [9.17, 15) is 4.79 Å². The van der Waals surface area contributed by atoms with Gasteiger partial charge in [-0.2, -0.15) is 0 Å². The van der Waals surface area contributed by atoms with Crippen molar-refractivity contribution in [3.63, 3.8) is 0 Å². The normalized spacial score (nSPS) is 12.2. The number of hydrogen-bond acceptors (Lipinski definition) is 6. The van der Waals surface area contributed by atoms with E-state index < -0.39 is 0 Å². The zero-order valence-corrected chi connectivity index (χ0v) is 13.9. The minimum atomic E-state index is -0.136. The molecule has 0 unspecified atom stereocenters. The Bertz CT molecular complexity index is 1090. The van der Waals surface area contributed by atoms with Gasteiger partial charge >= 0.3 is 0 Å². The second-order valence-electron chi connectivity index (χ2n) is 5.52. The van der Waals surface area contributed by atoms with Gasteiger partial charge in [0.05, 0.1) is 10.8 Å². The van der Waals surface area contributed by atoms with Crippen molar-refractivity contribution in [3.05, 3.63) is 63.1 Å². The molecule has 0 aliphatic carbocycles. The van der Waals surface area contributed by atoms with Crippen LogP contribution in [-0.4, -0.2) is 28.7 Å². The Balaban J connectivity index is 1.83. The zero-order chi connectivity index (χ0) is 16.7. The molecule has 0 bridgehead atoms. The van der Waals surface area contributed by atoms with Crippen LogP contribution in [0.15, 0.2) is 51.9 Å². The quantitative estimate of drug-likeness (QED) is 0.572. The van der Waals surface area contributed by atoms with Gasteiger partial charge in [0.1, 0.15) is 0 Å². The van der Waals surface area contributed by atoms with Gasteiger partial charge in [-0.05, 0) is 35.9 Å². The van der Waals surface area contributed by atoms with Crippen molar-refractivity contribution < 1.29 is 4.42 Å². The Morgan fingerprint density at radius 2 is 1.96 bits per heavy atom. The van der Waals surface area contributed by atoms with Crippen molar-refractivity contribution in [3.8, 4) is 11.6 Å². The molecule has 0 N–H and O–H groups in total. The molecule has 0 radical (unpaired) electrons. The van der Waals surface area contributed by atoms with Gasteiger partial charge in [0.2, 0.25) is 10.8 Å². The molecule has 1 aromatic carbocycles. The van der Waals surface area contributed by atoms with Gasteiger partial charge < -0.3 is 9.32 Å². The first-order valence-electron chi connectivity index (χ1n) is 7.34. The lowest BCUT2D eigenvalue weighted by Gasteiger charge is -2.11. The van der Waals surface area contributed by atoms with E-state index in [0.717, 1.165) is 11.3 Å². The summed E-state index contributed by atoms with van der Waals surface area (Å²) in [6, 6.07) is 11.5. The van der Waals surface area contributed by atoms with Crippen molar-refractivity contribution in [2.24, 2.45) is 0 Å². The minimum absolute atomic E-state index is 0.136. The van der Waals surface area contributed by atoms with E-state index >= 15 is 0 Å². The zero-order valence-electron chi connectivity index (χ0n) is 13.1. The van der Waals surface area contributed by atoms with Gasteiger partial charge in [-0.3, -0.25) is 4.79 Å². The van der Waals surface area contributed by atoms with Crippen molar-refractivity contribution in [1.82, 2.24) is 14.6 Å². The Kier molecular flexibility index (Phi) is 3.42. The van der Waals surface area contributed by atoms with Crippen molar-refractivity contribution in [2.45, 2.75) is 0 Å². The topological polar surface area (TPSA) is 63.6 Å². The van der Waals surface area contributed by atoms with Gasteiger partial charge in [0.15, 0.2) is 5.76 Å². The maximum absolute atomic E-state index is 12.7. The third kappa shape index (κ3) is 2.39. The molecule has 0 saturated carbocycles. The summed E-state index contributed by atoms with van der Waals surface area (Å²) in [5, 5.41) is 8.13. The van der Waals surface area contributed by atoms with Crippen LogP contribution in [0.4, 0.5) is 5.69 Å². The van der Waals surface area contributed by atoms with Crippen LogP contribution in [0.2, 0.25) is 0 Å². The number of hydrogen-bond donors (Lipinski definition) is 0. The Morgan fingerprint density at radius 1 is 1.17 bits per heavy atom. The Morgan fingerprint density at radius 3 is 2.62 bits per heavy atom. The highest BCUT2D eigenvalue weighted by Crippen LogP contribution is 2.18. The van der Waals surface area contributed by atoms with E-state index in [-0.39, 0.29) is 5.56 Å². The molecular weight excluding hydrogens is 324 g/mol. The molecule has 0 aliphatic rings. The minimum Gasteiger partial charge on any atom is -0.461 e. The standard InChI is InChI=1S/C17H14N4O2S/c1-20(2)12-7-5-11(6-8-12)10-14-16(22)21-15(13-4-3-9-23-13)18-19-17(21)24-14/h3-10H,1-2H3/b14-10-. The third-order valence-electron chi connectivity index (χ3n) is 3.70. The summed E-state index contributed by atoms with van der Waals surface area (Å²) in [6.45, 7) is 0. The molecule has 0 spiro atoms. The molecule has 0 amide bonds. The van der Waals surface area contributed by atoms with E-state index in [0.29, 0.717) is 21.1 Å². The van der Waals surface area contributed by atoms with Crippen molar-refractivity contribution in [1.29, 1.82) is 0 Å². The molecular formula is C17H14N4O2S. The molecule has 4 rings (SSSR count). The lowest BCUT2D eigenvalue weighted by molar-refractivity contribution is 0.576. The van der Waals surface area contributed by atoms with Crippen LogP contribution < -0.4 is 15.0 Å². The number of anilines is 1. The summed E-state index contributed by atoms with van der Waals surface area (Å²) in [4.78, 5) is 15.3. The molecule has 0 atom stereocenters. The smallest absolute Gasteiger partial charge is 0.276 e. The molecule has 0 saturated heterocycles. The summed E-state index contributed by atoms with van der Waals surface area (Å²) in [5.41, 5.74) is 1.94. The molecule has 3 heterocycles. The van der Waals surface area contributed by atoms with Crippen LogP contribution in [-0.2, 0) is 0 Å². The lowest BCUT2D eigenvalue weighted by Crippen LogP contribution is -2.23. The van der Waals surface area contributed by atoms with Crippen LogP contribution in [0.25, 0.3) is 22.6 Å². The maximum atomic E-state index is 12.7. The second kappa shape index (κ2) is 5.61. The fourth-order valence-corrected chi connectivity index (χ4v) is 3.36. The number of benzene rings is 1. The van der Waals surface area contributed by atoms with Gasteiger partial charge in [-0.15, -0.1) is 10.2 Å². The monoisotopic (exact) mass is 338 g/mol. The number of nitrogens with zero attached hydrogens (tertiary/aromatic N) is 4. The van der Waals surface area contributed by atoms with Gasteiger partial charge in [-0.1, -0.05) is 23.5 Å². The molecule has 24 heavy (non-hydrogen) atoms. The molecule has 7 heteroatoms. The highest BCUT2D eigenvalue weighted by atomic mass is 32.1. The van der Waals surface area contributed by atoms with Gasteiger partial charge in [0.25, 0.3) is 5.56 Å². The fourth-order valence-electron chi connectivity index (χ4n) is 2.45. The predicted molar refractivity (Wildman–Crippen MR) is 94.4 cm³/mol. The SMILES string of the molecule is CN(C)c1ccc(/C=c2\sc3nnc(-c4ccco4)n3c2=O)cc1. The van der Waals surface area contributed by atoms with Crippen LogP contribution in [0, 0.1) is 0 Å². The van der Waals surface area contributed by atoms with E-state index in [4.69, 9.17) is 4.42 Å². The van der Waals surface area contributed by atoms with Crippen molar-refractivity contribution in [2.75, 3.05) is 19.0 Å². The third-order valence-corrected chi connectivity index (χ3v) is 4.66. The van der Waals surface area contributed by atoms with Gasteiger partial charge in [0, 0.05) is 19.8 Å². The van der Waals surface area contributed by atoms with Crippen LogP contribution in [0.5, 0.6) is 0 Å². The van der Waals surface area contributed by atoms with Crippen LogP contribution in [0.3, 0.4) is 0 Å². The maximum Gasteiger partial charge on any atom is 0.276 e. The van der Waals surface area contributed by atoms with E-state index in [2.05, 4.69) is 10.2 Å². The largest absolute Gasteiger partial charge is 0.461 e. The molecule has 120 valence electrons. The average Bonchev–Trinajstić information content (AvgIpc) is 3.28. The number of rotatable bonds is 3. The van der Waals surface area contributed by atoms with E-state index in [1.165, 1.54) is 15.7 Å². The predicted octanol–water partition coefficient (Wildman–Crippen LogP) is 2.02. The Labute approximate surface area is 141 Å². The highest BCUT2D eigenvalue weighted by molar-refractivity contribution is 7.15. The Hall–Kier alpha value is -2.93. The molecule has 0 fully saturated rings. The molecule has 4 aromatic rings. The highest BCUT2D eigenvalue weighted by Gasteiger charge is 2.15. The molecule has 3 aromatic heterocycles. The summed E-state index contributed by atoms with van der Waals surface area (Å²) >= 11 is 1.32.